The van der Waals surface area contributed by atoms with Gasteiger partial charge < -0.3 is 9.64 Å². The first kappa shape index (κ1) is 16.7. The highest BCUT2D eigenvalue weighted by Gasteiger charge is 2.22. The van der Waals surface area contributed by atoms with Crippen molar-refractivity contribution in [2.75, 3.05) is 19.7 Å². The topological polar surface area (TPSA) is 29.5 Å². The van der Waals surface area contributed by atoms with Crippen molar-refractivity contribution < 1.29 is 9.53 Å². The second kappa shape index (κ2) is 8.11. The maximum absolute atomic E-state index is 12.5. The lowest BCUT2D eigenvalue weighted by Crippen LogP contribution is -2.40. The van der Waals surface area contributed by atoms with Gasteiger partial charge in [-0.3, -0.25) is 4.79 Å². The first-order chi connectivity index (χ1) is 11.7. The Hall–Kier alpha value is -2.13. The summed E-state index contributed by atoms with van der Waals surface area (Å²) in [6, 6.07) is 20.2. The largest absolute Gasteiger partial charge is 0.359 e. The van der Waals surface area contributed by atoms with Gasteiger partial charge in [0.25, 0.3) is 0 Å². The first-order valence-corrected chi connectivity index (χ1v) is 8.73. The number of likely N-dealkylation sites (tertiary alicyclic amines) is 1. The molecular weight excluding hydrogens is 298 g/mol. The van der Waals surface area contributed by atoms with Crippen LogP contribution in [0.25, 0.3) is 0 Å². The van der Waals surface area contributed by atoms with E-state index in [-0.39, 0.29) is 18.6 Å². The third-order valence-corrected chi connectivity index (χ3v) is 4.71. The molecular formula is C21H25NO2. The Morgan fingerprint density at radius 1 is 1.00 bits per heavy atom. The van der Waals surface area contributed by atoms with Gasteiger partial charge in [-0.1, -0.05) is 67.6 Å². The van der Waals surface area contributed by atoms with Crippen molar-refractivity contribution in [3.8, 4) is 0 Å². The fourth-order valence-electron chi connectivity index (χ4n) is 3.14. The third kappa shape index (κ3) is 4.24. The number of hydrogen-bond acceptors (Lipinski definition) is 2. The number of hydrogen-bond donors (Lipinski definition) is 0. The first-order valence-electron chi connectivity index (χ1n) is 8.73. The molecule has 0 aliphatic carbocycles. The van der Waals surface area contributed by atoms with E-state index in [9.17, 15) is 4.79 Å². The SMILES string of the molecule is CC1CCN(C(=O)COC(c2ccccc2)c2ccccc2)CC1. The highest BCUT2D eigenvalue weighted by Crippen LogP contribution is 2.26. The molecule has 2 aromatic carbocycles. The zero-order chi connectivity index (χ0) is 16.8. The Kier molecular flexibility index (Phi) is 5.65. The average molecular weight is 323 g/mol. The minimum atomic E-state index is -0.208. The van der Waals surface area contributed by atoms with Crippen molar-refractivity contribution in [2.24, 2.45) is 5.92 Å². The standard InChI is InChI=1S/C21H25NO2/c1-17-12-14-22(15-13-17)20(23)16-24-21(18-8-4-2-5-9-18)19-10-6-3-7-11-19/h2-11,17,21H,12-16H2,1H3. The van der Waals surface area contributed by atoms with Crippen LogP contribution in [0.3, 0.4) is 0 Å². The molecule has 0 atom stereocenters. The van der Waals surface area contributed by atoms with Gasteiger partial charge in [0.15, 0.2) is 0 Å². The highest BCUT2D eigenvalue weighted by atomic mass is 16.5. The highest BCUT2D eigenvalue weighted by molar-refractivity contribution is 5.77. The van der Waals surface area contributed by atoms with Crippen LogP contribution in [-0.2, 0) is 9.53 Å². The molecule has 126 valence electrons. The lowest BCUT2D eigenvalue weighted by atomic mass is 9.99. The quantitative estimate of drug-likeness (QED) is 0.831. The van der Waals surface area contributed by atoms with E-state index in [0.29, 0.717) is 0 Å². The smallest absolute Gasteiger partial charge is 0.248 e. The van der Waals surface area contributed by atoms with Gasteiger partial charge >= 0.3 is 0 Å². The van der Waals surface area contributed by atoms with Crippen LogP contribution < -0.4 is 0 Å². The molecule has 0 aromatic heterocycles. The maximum atomic E-state index is 12.5. The molecule has 0 bridgehead atoms. The van der Waals surface area contributed by atoms with E-state index in [2.05, 4.69) is 6.92 Å². The van der Waals surface area contributed by atoms with Gasteiger partial charge in [-0.15, -0.1) is 0 Å². The summed E-state index contributed by atoms with van der Waals surface area (Å²) >= 11 is 0. The molecule has 3 nitrogen and oxygen atoms in total. The van der Waals surface area contributed by atoms with E-state index in [1.807, 2.05) is 65.6 Å². The summed E-state index contributed by atoms with van der Waals surface area (Å²) in [5, 5.41) is 0. The van der Waals surface area contributed by atoms with E-state index in [4.69, 9.17) is 4.74 Å². The molecule has 0 radical (unpaired) electrons. The molecule has 0 spiro atoms. The van der Waals surface area contributed by atoms with Crippen LogP contribution in [0, 0.1) is 5.92 Å². The predicted molar refractivity (Wildman–Crippen MR) is 95.7 cm³/mol. The number of rotatable bonds is 5. The number of piperidine rings is 1. The Bertz CT molecular complexity index is 594. The molecule has 1 aliphatic rings. The van der Waals surface area contributed by atoms with E-state index in [0.717, 1.165) is 43.0 Å². The molecule has 1 saturated heterocycles. The number of benzene rings is 2. The molecule has 3 rings (SSSR count). The number of amides is 1. The molecule has 2 aromatic rings. The number of carbonyl (C=O) groups is 1. The van der Waals surface area contributed by atoms with E-state index in [1.165, 1.54) is 0 Å². The number of carbonyl (C=O) groups excluding carboxylic acids is 1. The summed E-state index contributed by atoms with van der Waals surface area (Å²) in [7, 11) is 0. The van der Waals surface area contributed by atoms with Gasteiger partial charge in [-0.2, -0.15) is 0 Å². The summed E-state index contributed by atoms with van der Waals surface area (Å²) < 4.78 is 6.06. The Morgan fingerprint density at radius 2 is 1.50 bits per heavy atom. The Labute approximate surface area is 144 Å². The third-order valence-electron chi connectivity index (χ3n) is 4.71. The summed E-state index contributed by atoms with van der Waals surface area (Å²) in [6.07, 6.45) is 1.97. The van der Waals surface area contributed by atoms with E-state index < -0.39 is 0 Å². The molecule has 0 saturated carbocycles. The van der Waals surface area contributed by atoms with Gasteiger partial charge in [0.2, 0.25) is 5.91 Å². The van der Waals surface area contributed by atoms with Crippen LogP contribution in [0.1, 0.15) is 37.0 Å². The van der Waals surface area contributed by atoms with Crippen molar-refractivity contribution >= 4 is 5.91 Å². The van der Waals surface area contributed by atoms with Crippen LogP contribution in [0.5, 0.6) is 0 Å². The van der Waals surface area contributed by atoms with Crippen LogP contribution in [0.2, 0.25) is 0 Å². The monoisotopic (exact) mass is 323 g/mol. The second-order valence-corrected chi connectivity index (χ2v) is 6.58. The fourth-order valence-corrected chi connectivity index (χ4v) is 3.14. The molecule has 24 heavy (non-hydrogen) atoms. The zero-order valence-electron chi connectivity index (χ0n) is 14.2. The van der Waals surface area contributed by atoms with Gasteiger partial charge in [-0.05, 0) is 29.9 Å². The summed E-state index contributed by atoms with van der Waals surface area (Å²) in [5.74, 6) is 0.815. The normalized spacial score (nSPS) is 15.7. The second-order valence-electron chi connectivity index (χ2n) is 6.58. The van der Waals surface area contributed by atoms with Crippen LogP contribution in [0.4, 0.5) is 0 Å². The van der Waals surface area contributed by atoms with Gasteiger partial charge in [0.05, 0.1) is 0 Å². The minimum absolute atomic E-state index is 0.0961. The van der Waals surface area contributed by atoms with Gasteiger partial charge in [0.1, 0.15) is 12.7 Å². The molecule has 3 heteroatoms. The minimum Gasteiger partial charge on any atom is -0.359 e. The molecule has 0 unspecified atom stereocenters. The van der Waals surface area contributed by atoms with Gasteiger partial charge in [-0.25, -0.2) is 0 Å². The average Bonchev–Trinajstić information content (AvgIpc) is 2.64. The Balaban J connectivity index is 1.68. The van der Waals surface area contributed by atoms with Crippen LogP contribution in [-0.4, -0.2) is 30.5 Å². The fraction of sp³-hybridized carbons (Fsp3) is 0.381. The van der Waals surface area contributed by atoms with E-state index in [1.54, 1.807) is 0 Å². The van der Waals surface area contributed by atoms with Crippen molar-refractivity contribution in [2.45, 2.75) is 25.9 Å². The maximum Gasteiger partial charge on any atom is 0.248 e. The summed E-state index contributed by atoms with van der Waals surface area (Å²) in [6.45, 7) is 4.08. The number of nitrogens with zero attached hydrogens (tertiary/aromatic N) is 1. The zero-order valence-corrected chi connectivity index (χ0v) is 14.2. The van der Waals surface area contributed by atoms with Crippen molar-refractivity contribution in [1.82, 2.24) is 4.90 Å². The Morgan fingerprint density at radius 3 is 2.00 bits per heavy atom. The molecule has 1 aliphatic heterocycles. The molecule has 0 N–H and O–H groups in total. The molecule has 1 amide bonds. The lowest BCUT2D eigenvalue weighted by molar-refractivity contribution is -0.138. The number of ether oxygens (including phenoxy) is 1. The molecule has 1 heterocycles. The van der Waals surface area contributed by atoms with Crippen LogP contribution >= 0.6 is 0 Å². The van der Waals surface area contributed by atoms with Crippen molar-refractivity contribution in [3.63, 3.8) is 0 Å². The van der Waals surface area contributed by atoms with Crippen molar-refractivity contribution in [3.05, 3.63) is 71.8 Å². The summed E-state index contributed by atoms with van der Waals surface area (Å²) in [5.41, 5.74) is 2.15. The van der Waals surface area contributed by atoms with Gasteiger partial charge in [0, 0.05) is 13.1 Å². The lowest BCUT2D eigenvalue weighted by Gasteiger charge is -2.30. The van der Waals surface area contributed by atoms with Crippen LogP contribution in [0.15, 0.2) is 60.7 Å². The predicted octanol–water partition coefficient (Wildman–Crippen LogP) is 4.05. The summed E-state index contributed by atoms with van der Waals surface area (Å²) in [4.78, 5) is 14.4. The molecule has 1 fully saturated rings. The van der Waals surface area contributed by atoms with Crippen molar-refractivity contribution in [1.29, 1.82) is 0 Å². The van der Waals surface area contributed by atoms with E-state index >= 15 is 0 Å².